The van der Waals surface area contributed by atoms with Crippen LogP contribution in [-0.2, 0) is 0 Å². The number of pyridine rings is 1. The number of aryl methyl sites for hydroxylation is 1. The van der Waals surface area contributed by atoms with Crippen molar-refractivity contribution < 1.29 is 0 Å². The summed E-state index contributed by atoms with van der Waals surface area (Å²) in [5, 5.41) is 4.65. The number of aromatic nitrogens is 1. The zero-order valence-electron chi connectivity index (χ0n) is 12.6. The van der Waals surface area contributed by atoms with Crippen molar-refractivity contribution in [2.75, 3.05) is 7.05 Å². The fraction of sp³-hybridized carbons (Fsp3) is 0.471. The molecule has 0 amide bonds. The van der Waals surface area contributed by atoms with E-state index in [1.165, 1.54) is 10.9 Å². The second-order valence-electron chi connectivity index (χ2n) is 6.51. The Morgan fingerprint density at radius 2 is 1.89 bits per heavy atom. The summed E-state index contributed by atoms with van der Waals surface area (Å²) in [7, 11) is 2.04. The molecule has 2 heteroatoms. The molecular formula is C17H24N2. The highest BCUT2D eigenvalue weighted by Crippen LogP contribution is 2.30. The highest BCUT2D eigenvalue weighted by atomic mass is 14.9. The highest BCUT2D eigenvalue weighted by Gasteiger charge is 2.19. The standard InChI is InChI=1S/C17H24N2/c1-12-6-7-13-10-14(8-9-15(13)19-12)16(18-5)11-17(2,3)4/h6-10,16,18H,11H2,1-5H3. The third-order valence-electron chi connectivity index (χ3n) is 3.42. The molecule has 2 nitrogen and oxygen atoms in total. The van der Waals surface area contributed by atoms with Gasteiger partial charge in [0.05, 0.1) is 5.52 Å². The van der Waals surface area contributed by atoms with Gasteiger partial charge in [0.1, 0.15) is 0 Å². The summed E-state index contributed by atoms with van der Waals surface area (Å²) in [6, 6.07) is 11.2. The quantitative estimate of drug-likeness (QED) is 0.888. The van der Waals surface area contributed by atoms with E-state index >= 15 is 0 Å². The molecule has 1 aromatic heterocycles. The number of benzene rings is 1. The molecule has 2 aromatic rings. The van der Waals surface area contributed by atoms with Crippen molar-refractivity contribution >= 4 is 10.9 Å². The van der Waals surface area contributed by atoms with Gasteiger partial charge in [-0.05, 0) is 49.6 Å². The lowest BCUT2D eigenvalue weighted by atomic mass is 9.85. The molecule has 1 unspecified atom stereocenters. The predicted molar refractivity (Wildman–Crippen MR) is 82.4 cm³/mol. The minimum Gasteiger partial charge on any atom is -0.313 e. The minimum atomic E-state index is 0.314. The van der Waals surface area contributed by atoms with Crippen molar-refractivity contribution in [3.63, 3.8) is 0 Å². The maximum absolute atomic E-state index is 4.56. The third kappa shape index (κ3) is 3.54. The Morgan fingerprint density at radius 3 is 2.53 bits per heavy atom. The third-order valence-corrected chi connectivity index (χ3v) is 3.42. The molecule has 0 fully saturated rings. The summed E-state index contributed by atoms with van der Waals surface area (Å²) in [4.78, 5) is 4.56. The van der Waals surface area contributed by atoms with Gasteiger partial charge >= 0.3 is 0 Å². The van der Waals surface area contributed by atoms with Gasteiger partial charge in [-0.3, -0.25) is 4.98 Å². The van der Waals surface area contributed by atoms with Crippen LogP contribution in [0.15, 0.2) is 30.3 Å². The summed E-state index contributed by atoms with van der Waals surface area (Å²) in [6.07, 6.45) is 1.12. The van der Waals surface area contributed by atoms with Gasteiger partial charge in [0.25, 0.3) is 0 Å². The first-order valence-corrected chi connectivity index (χ1v) is 6.94. The van der Waals surface area contributed by atoms with Crippen LogP contribution in [0.25, 0.3) is 10.9 Å². The molecular weight excluding hydrogens is 232 g/mol. The number of hydrogen-bond donors (Lipinski definition) is 1. The van der Waals surface area contributed by atoms with E-state index in [-0.39, 0.29) is 0 Å². The zero-order valence-corrected chi connectivity index (χ0v) is 12.6. The van der Waals surface area contributed by atoms with Crippen LogP contribution in [-0.4, -0.2) is 12.0 Å². The molecule has 2 rings (SSSR count). The average Bonchev–Trinajstić information content (AvgIpc) is 2.34. The first-order chi connectivity index (χ1) is 8.89. The van der Waals surface area contributed by atoms with Gasteiger partial charge in [-0.15, -0.1) is 0 Å². The summed E-state index contributed by atoms with van der Waals surface area (Å²) < 4.78 is 0. The van der Waals surface area contributed by atoms with Crippen molar-refractivity contribution in [2.45, 2.75) is 40.2 Å². The summed E-state index contributed by atoms with van der Waals surface area (Å²) in [5.74, 6) is 0. The van der Waals surface area contributed by atoms with Gasteiger partial charge in [-0.1, -0.05) is 32.9 Å². The van der Waals surface area contributed by atoms with Crippen LogP contribution in [0.5, 0.6) is 0 Å². The van der Waals surface area contributed by atoms with E-state index in [9.17, 15) is 0 Å². The normalized spacial score (nSPS) is 13.7. The topological polar surface area (TPSA) is 24.9 Å². The van der Waals surface area contributed by atoms with Crippen LogP contribution in [0, 0.1) is 12.3 Å². The Hall–Kier alpha value is -1.41. The van der Waals surface area contributed by atoms with Gasteiger partial charge in [0.2, 0.25) is 0 Å². The van der Waals surface area contributed by atoms with Crippen LogP contribution in [0.4, 0.5) is 0 Å². The van der Waals surface area contributed by atoms with E-state index in [4.69, 9.17) is 0 Å². The number of rotatable bonds is 3. The first kappa shape index (κ1) is 14.0. The molecule has 0 aliphatic carbocycles. The molecule has 0 saturated heterocycles. The number of hydrogen-bond acceptors (Lipinski definition) is 2. The fourth-order valence-electron chi connectivity index (χ4n) is 2.46. The summed E-state index contributed by atoms with van der Waals surface area (Å²) in [5.41, 5.74) is 3.80. The Kier molecular flexibility index (Phi) is 3.91. The molecule has 1 N–H and O–H groups in total. The monoisotopic (exact) mass is 256 g/mol. The van der Waals surface area contributed by atoms with Gasteiger partial charge in [0, 0.05) is 17.1 Å². The van der Waals surface area contributed by atoms with Crippen molar-refractivity contribution in [2.24, 2.45) is 5.41 Å². The number of nitrogens with one attached hydrogen (secondary N) is 1. The SMILES string of the molecule is CNC(CC(C)(C)C)c1ccc2nc(C)ccc2c1. The number of nitrogens with zero attached hydrogens (tertiary/aromatic N) is 1. The Morgan fingerprint density at radius 1 is 1.16 bits per heavy atom. The molecule has 1 heterocycles. The maximum Gasteiger partial charge on any atom is 0.0705 e. The molecule has 0 saturated carbocycles. The largest absolute Gasteiger partial charge is 0.313 e. The van der Waals surface area contributed by atoms with Crippen LogP contribution in [0.2, 0.25) is 0 Å². The van der Waals surface area contributed by atoms with E-state index < -0.39 is 0 Å². The zero-order chi connectivity index (χ0) is 14.0. The lowest BCUT2D eigenvalue weighted by Crippen LogP contribution is -2.22. The summed E-state index contributed by atoms with van der Waals surface area (Å²) in [6.45, 7) is 8.87. The van der Waals surface area contributed by atoms with E-state index in [2.05, 4.69) is 61.4 Å². The fourth-order valence-corrected chi connectivity index (χ4v) is 2.46. The van der Waals surface area contributed by atoms with E-state index in [0.717, 1.165) is 17.6 Å². The molecule has 0 aliphatic rings. The van der Waals surface area contributed by atoms with Gasteiger partial charge in [-0.25, -0.2) is 0 Å². The molecule has 0 spiro atoms. The lowest BCUT2D eigenvalue weighted by molar-refractivity contribution is 0.321. The smallest absolute Gasteiger partial charge is 0.0705 e. The molecule has 0 radical (unpaired) electrons. The average molecular weight is 256 g/mol. The van der Waals surface area contributed by atoms with Gasteiger partial charge in [-0.2, -0.15) is 0 Å². The van der Waals surface area contributed by atoms with Gasteiger partial charge in [0.15, 0.2) is 0 Å². The maximum atomic E-state index is 4.56. The molecule has 0 aliphatic heterocycles. The summed E-state index contributed by atoms with van der Waals surface area (Å²) >= 11 is 0. The second-order valence-corrected chi connectivity index (χ2v) is 6.51. The Labute approximate surface area is 116 Å². The molecule has 1 aromatic carbocycles. The molecule has 1 atom stereocenters. The first-order valence-electron chi connectivity index (χ1n) is 6.94. The van der Waals surface area contributed by atoms with Crippen LogP contribution in [0.1, 0.15) is 44.5 Å². The lowest BCUT2D eigenvalue weighted by Gasteiger charge is -2.26. The van der Waals surface area contributed by atoms with E-state index in [1.54, 1.807) is 0 Å². The number of fused-ring (bicyclic) bond motifs is 1. The molecule has 102 valence electrons. The minimum absolute atomic E-state index is 0.314. The van der Waals surface area contributed by atoms with Crippen molar-refractivity contribution in [1.82, 2.24) is 10.3 Å². The molecule has 0 bridgehead atoms. The highest BCUT2D eigenvalue weighted by molar-refractivity contribution is 5.79. The van der Waals surface area contributed by atoms with Crippen LogP contribution >= 0.6 is 0 Å². The molecule has 19 heavy (non-hydrogen) atoms. The second kappa shape index (κ2) is 5.30. The van der Waals surface area contributed by atoms with Crippen molar-refractivity contribution in [1.29, 1.82) is 0 Å². The van der Waals surface area contributed by atoms with Crippen LogP contribution < -0.4 is 5.32 Å². The predicted octanol–water partition coefficient (Wildman–Crippen LogP) is 4.24. The van der Waals surface area contributed by atoms with Gasteiger partial charge < -0.3 is 5.32 Å². The van der Waals surface area contributed by atoms with E-state index in [0.29, 0.717) is 11.5 Å². The van der Waals surface area contributed by atoms with E-state index in [1.807, 2.05) is 14.0 Å². The Balaban J connectivity index is 2.36. The van der Waals surface area contributed by atoms with Crippen LogP contribution in [0.3, 0.4) is 0 Å². The van der Waals surface area contributed by atoms with Crippen molar-refractivity contribution in [3.05, 3.63) is 41.6 Å². The van der Waals surface area contributed by atoms with Crippen molar-refractivity contribution in [3.8, 4) is 0 Å². The Bertz CT molecular complexity index is 567.